The molecule has 3 rings (SSSR count). The van der Waals surface area contributed by atoms with E-state index < -0.39 is 10.0 Å². The van der Waals surface area contributed by atoms with Crippen LogP contribution >= 0.6 is 11.3 Å². The van der Waals surface area contributed by atoms with E-state index in [0.717, 1.165) is 11.1 Å². The first-order valence-electron chi connectivity index (χ1n) is 8.77. The van der Waals surface area contributed by atoms with E-state index in [1.54, 1.807) is 29.6 Å². The lowest BCUT2D eigenvalue weighted by atomic mass is 10.2. The number of hydrogen-bond acceptors (Lipinski definition) is 5. The van der Waals surface area contributed by atoms with Crippen LogP contribution in [0.3, 0.4) is 0 Å². The molecule has 0 saturated heterocycles. The van der Waals surface area contributed by atoms with Crippen molar-refractivity contribution in [3.8, 4) is 0 Å². The first-order valence-corrected chi connectivity index (χ1v) is 11.1. The maximum absolute atomic E-state index is 12.4. The average Bonchev–Trinajstić information content (AvgIpc) is 3.12. The average molecular weight is 416 g/mol. The Labute approximate surface area is 168 Å². The number of carbonyl (C=O) groups is 1. The van der Waals surface area contributed by atoms with Gasteiger partial charge < -0.3 is 5.32 Å². The van der Waals surface area contributed by atoms with Gasteiger partial charge in [-0.05, 0) is 31.0 Å². The molecule has 0 atom stereocenters. The molecule has 0 radical (unpaired) electrons. The molecule has 0 unspecified atom stereocenters. The van der Waals surface area contributed by atoms with Gasteiger partial charge in [0.1, 0.15) is 0 Å². The van der Waals surface area contributed by atoms with Crippen LogP contribution in [0.1, 0.15) is 23.2 Å². The highest BCUT2D eigenvalue weighted by atomic mass is 32.2. The summed E-state index contributed by atoms with van der Waals surface area (Å²) in [5.74, 6) is -0.0707. The van der Waals surface area contributed by atoms with Crippen LogP contribution in [0.25, 0.3) is 0 Å². The third kappa shape index (κ3) is 5.64. The number of carbonyl (C=O) groups excluding carboxylic acids is 1. The minimum Gasteiger partial charge on any atom is -0.352 e. The Hall–Kier alpha value is -2.71. The Morgan fingerprint density at radius 1 is 1.07 bits per heavy atom. The van der Waals surface area contributed by atoms with E-state index in [-0.39, 0.29) is 10.8 Å². The van der Waals surface area contributed by atoms with E-state index >= 15 is 0 Å². The first-order chi connectivity index (χ1) is 13.4. The molecule has 0 fully saturated rings. The second kappa shape index (κ2) is 8.99. The van der Waals surface area contributed by atoms with Gasteiger partial charge in [-0.15, -0.1) is 11.3 Å². The van der Waals surface area contributed by atoms with Gasteiger partial charge >= 0.3 is 0 Å². The second-order valence-corrected chi connectivity index (χ2v) is 8.87. The summed E-state index contributed by atoms with van der Waals surface area (Å²) >= 11 is 1.20. The van der Waals surface area contributed by atoms with Crippen LogP contribution in [0, 0.1) is 6.92 Å². The molecule has 0 spiro atoms. The standard InChI is InChI=1S/C20H21N3O3S2/c1-15-7-10-18(11-8-15)28(25,26)23-20-22-17(14-27-20)9-12-19(24)21-13-16-5-3-2-4-6-16/h2-8,10-11,14H,9,12-13H2,1H3,(H,21,24)(H,22,23). The Morgan fingerprint density at radius 3 is 2.50 bits per heavy atom. The van der Waals surface area contributed by atoms with Gasteiger partial charge in [-0.3, -0.25) is 9.52 Å². The lowest BCUT2D eigenvalue weighted by Gasteiger charge is -2.05. The maximum atomic E-state index is 12.4. The van der Waals surface area contributed by atoms with Gasteiger partial charge in [0.25, 0.3) is 10.0 Å². The molecule has 0 aliphatic carbocycles. The molecular weight excluding hydrogens is 394 g/mol. The van der Waals surface area contributed by atoms with Crippen LogP contribution in [0.4, 0.5) is 5.13 Å². The zero-order valence-corrected chi connectivity index (χ0v) is 17.0. The van der Waals surface area contributed by atoms with Gasteiger partial charge in [0, 0.05) is 18.3 Å². The fourth-order valence-corrected chi connectivity index (χ4v) is 4.48. The Morgan fingerprint density at radius 2 is 1.79 bits per heavy atom. The quantitative estimate of drug-likeness (QED) is 0.589. The summed E-state index contributed by atoms with van der Waals surface area (Å²) in [4.78, 5) is 16.5. The molecule has 28 heavy (non-hydrogen) atoms. The molecule has 3 aromatic rings. The van der Waals surface area contributed by atoms with Crippen LogP contribution in [-0.4, -0.2) is 19.3 Å². The molecule has 8 heteroatoms. The van der Waals surface area contributed by atoms with Crippen molar-refractivity contribution >= 4 is 32.4 Å². The van der Waals surface area contributed by atoms with Crippen LogP contribution in [0.15, 0.2) is 64.9 Å². The van der Waals surface area contributed by atoms with Gasteiger partial charge in [0.2, 0.25) is 5.91 Å². The van der Waals surface area contributed by atoms with Crippen LogP contribution in [-0.2, 0) is 27.8 Å². The van der Waals surface area contributed by atoms with Crippen LogP contribution < -0.4 is 10.0 Å². The third-order valence-corrected chi connectivity index (χ3v) is 6.34. The summed E-state index contributed by atoms with van der Waals surface area (Å²) in [5.41, 5.74) is 2.71. The molecule has 0 saturated carbocycles. The fraction of sp³-hybridized carbons (Fsp3) is 0.200. The minimum atomic E-state index is -3.67. The van der Waals surface area contributed by atoms with Gasteiger partial charge in [-0.1, -0.05) is 48.0 Å². The van der Waals surface area contributed by atoms with E-state index in [2.05, 4.69) is 15.0 Å². The third-order valence-electron chi connectivity index (χ3n) is 4.05. The molecule has 2 N–H and O–H groups in total. The van der Waals surface area contributed by atoms with Crippen molar-refractivity contribution in [3.05, 3.63) is 76.8 Å². The number of aryl methyl sites for hydroxylation is 2. The highest BCUT2D eigenvalue weighted by Crippen LogP contribution is 2.21. The van der Waals surface area contributed by atoms with Gasteiger partial charge in [0.05, 0.1) is 10.6 Å². The van der Waals surface area contributed by atoms with E-state index in [1.807, 2.05) is 37.3 Å². The molecule has 6 nitrogen and oxygen atoms in total. The second-order valence-electron chi connectivity index (χ2n) is 6.32. The highest BCUT2D eigenvalue weighted by Gasteiger charge is 2.16. The van der Waals surface area contributed by atoms with Crippen molar-refractivity contribution in [1.29, 1.82) is 0 Å². The molecule has 0 bridgehead atoms. The number of anilines is 1. The molecule has 2 aromatic carbocycles. The molecular formula is C20H21N3O3S2. The zero-order chi connectivity index (χ0) is 20.0. The SMILES string of the molecule is Cc1ccc(S(=O)(=O)Nc2nc(CCC(=O)NCc3ccccc3)cs2)cc1. The number of benzene rings is 2. The molecule has 1 aromatic heterocycles. The normalized spacial score (nSPS) is 11.2. The number of aromatic nitrogens is 1. The first kappa shape index (κ1) is 20.0. The van der Waals surface area contributed by atoms with Crippen molar-refractivity contribution in [2.45, 2.75) is 31.2 Å². The van der Waals surface area contributed by atoms with Crippen molar-refractivity contribution in [3.63, 3.8) is 0 Å². The van der Waals surface area contributed by atoms with E-state index in [4.69, 9.17) is 0 Å². The fourth-order valence-electron chi connectivity index (χ4n) is 2.49. The van der Waals surface area contributed by atoms with Crippen molar-refractivity contribution in [2.75, 3.05) is 4.72 Å². The van der Waals surface area contributed by atoms with Crippen LogP contribution in [0.2, 0.25) is 0 Å². The Balaban J connectivity index is 1.51. The summed E-state index contributed by atoms with van der Waals surface area (Å²) in [5, 5.41) is 4.92. The van der Waals surface area contributed by atoms with Crippen LogP contribution in [0.5, 0.6) is 0 Å². The molecule has 146 valence electrons. The van der Waals surface area contributed by atoms with Crippen molar-refractivity contribution < 1.29 is 13.2 Å². The van der Waals surface area contributed by atoms with Gasteiger partial charge in [-0.25, -0.2) is 13.4 Å². The minimum absolute atomic E-state index is 0.0707. The topological polar surface area (TPSA) is 88.2 Å². The van der Waals surface area contributed by atoms with Gasteiger partial charge in [0.15, 0.2) is 5.13 Å². The summed E-state index contributed by atoms with van der Waals surface area (Å²) in [6, 6.07) is 16.3. The van der Waals surface area contributed by atoms with E-state index in [0.29, 0.717) is 30.2 Å². The van der Waals surface area contributed by atoms with E-state index in [1.165, 1.54) is 11.3 Å². The number of nitrogens with zero attached hydrogens (tertiary/aromatic N) is 1. The predicted molar refractivity (Wildman–Crippen MR) is 111 cm³/mol. The highest BCUT2D eigenvalue weighted by molar-refractivity contribution is 7.93. The molecule has 0 aliphatic heterocycles. The van der Waals surface area contributed by atoms with Crippen molar-refractivity contribution in [2.24, 2.45) is 0 Å². The smallest absolute Gasteiger partial charge is 0.263 e. The summed E-state index contributed by atoms with van der Waals surface area (Å²) in [6.45, 7) is 2.38. The number of rotatable bonds is 8. The monoisotopic (exact) mass is 415 g/mol. The summed E-state index contributed by atoms with van der Waals surface area (Å²) in [7, 11) is -3.67. The molecule has 0 aliphatic rings. The summed E-state index contributed by atoms with van der Waals surface area (Å²) in [6.07, 6.45) is 0.740. The predicted octanol–water partition coefficient (Wildman–Crippen LogP) is 3.50. The lowest BCUT2D eigenvalue weighted by molar-refractivity contribution is -0.121. The number of amides is 1. The molecule has 1 amide bonds. The van der Waals surface area contributed by atoms with Crippen molar-refractivity contribution in [1.82, 2.24) is 10.3 Å². The van der Waals surface area contributed by atoms with E-state index in [9.17, 15) is 13.2 Å². The Kier molecular flexibility index (Phi) is 6.43. The Bertz CT molecular complexity index is 1030. The number of nitrogens with one attached hydrogen (secondary N) is 2. The number of thiazole rings is 1. The van der Waals surface area contributed by atoms with Gasteiger partial charge in [-0.2, -0.15) is 0 Å². The number of hydrogen-bond donors (Lipinski definition) is 2. The summed E-state index contributed by atoms with van der Waals surface area (Å²) < 4.78 is 27.3. The number of sulfonamides is 1. The largest absolute Gasteiger partial charge is 0.352 e. The zero-order valence-electron chi connectivity index (χ0n) is 15.4. The lowest BCUT2D eigenvalue weighted by Crippen LogP contribution is -2.23. The molecule has 1 heterocycles. The maximum Gasteiger partial charge on any atom is 0.263 e.